The van der Waals surface area contributed by atoms with Crippen LogP contribution in [0.3, 0.4) is 0 Å². The van der Waals surface area contributed by atoms with Crippen molar-refractivity contribution >= 4 is 17.4 Å². The van der Waals surface area contributed by atoms with Gasteiger partial charge in [0.25, 0.3) is 0 Å². The Bertz CT molecular complexity index is 401. The number of carbonyl (C=O) groups is 1. The summed E-state index contributed by atoms with van der Waals surface area (Å²) in [5.41, 5.74) is 1.62. The topological polar surface area (TPSA) is 46.9 Å². The van der Waals surface area contributed by atoms with Crippen LogP contribution in [-0.4, -0.2) is 29.2 Å². The molecule has 5 heteroatoms. The number of carbonyl (C=O) groups excluding carboxylic acids is 1. The van der Waals surface area contributed by atoms with E-state index in [0.717, 1.165) is 17.9 Å². The second-order valence-corrected chi connectivity index (χ2v) is 4.64. The second kappa shape index (κ2) is 6.17. The fourth-order valence-corrected chi connectivity index (χ4v) is 2.00. The maximum Gasteiger partial charge on any atom is 0.142 e. The Hall–Kier alpha value is -0.870. The molecule has 1 rings (SSSR count). The summed E-state index contributed by atoms with van der Waals surface area (Å²) in [4.78, 5) is 12.0. The van der Waals surface area contributed by atoms with Gasteiger partial charge in [-0.1, -0.05) is 18.5 Å². The highest BCUT2D eigenvalue weighted by Crippen LogP contribution is 2.21. The molecule has 0 fully saturated rings. The molecule has 0 saturated heterocycles. The van der Waals surface area contributed by atoms with Crippen LogP contribution >= 0.6 is 11.6 Å². The molecule has 0 spiro atoms. The van der Waals surface area contributed by atoms with Crippen LogP contribution in [0.2, 0.25) is 5.02 Å². The highest BCUT2D eigenvalue weighted by molar-refractivity contribution is 6.32. The molecule has 1 aromatic heterocycles. The van der Waals surface area contributed by atoms with Crippen molar-refractivity contribution in [1.82, 2.24) is 15.1 Å². The number of nitrogens with zero attached hydrogens (tertiary/aromatic N) is 2. The average molecular weight is 258 g/mol. The number of hydrogen-bond acceptors (Lipinski definition) is 3. The van der Waals surface area contributed by atoms with Crippen LogP contribution in [0.4, 0.5) is 0 Å². The average Bonchev–Trinajstić information content (AvgIpc) is 2.57. The lowest BCUT2D eigenvalue weighted by Gasteiger charge is -2.10. The lowest BCUT2D eigenvalue weighted by atomic mass is 10.0. The number of Topliss-reactive ketones (excluding diaryl/α,β-unsaturated/α-hetero) is 1. The van der Waals surface area contributed by atoms with E-state index in [0.29, 0.717) is 18.0 Å². The van der Waals surface area contributed by atoms with Crippen LogP contribution in [-0.2, 0) is 17.8 Å². The van der Waals surface area contributed by atoms with Gasteiger partial charge >= 0.3 is 0 Å². The summed E-state index contributed by atoms with van der Waals surface area (Å²) in [5.74, 6) is 0.187. The zero-order valence-electron chi connectivity index (χ0n) is 10.9. The summed E-state index contributed by atoms with van der Waals surface area (Å²) >= 11 is 6.17. The van der Waals surface area contributed by atoms with Crippen LogP contribution < -0.4 is 5.32 Å². The highest BCUT2D eigenvalue weighted by Gasteiger charge is 2.19. The molecule has 17 heavy (non-hydrogen) atoms. The van der Waals surface area contributed by atoms with E-state index in [2.05, 4.69) is 10.4 Å². The van der Waals surface area contributed by atoms with Crippen molar-refractivity contribution in [2.75, 3.05) is 13.6 Å². The standard InChI is InChI=1S/C12H20ClN3O/c1-5-16-10(12(13)9(3)15-16)6-11(17)8(2)7-14-4/h8,14H,5-7H2,1-4H3. The molecule has 0 aliphatic carbocycles. The van der Waals surface area contributed by atoms with E-state index in [-0.39, 0.29) is 11.7 Å². The largest absolute Gasteiger partial charge is 0.319 e. The van der Waals surface area contributed by atoms with E-state index in [1.54, 1.807) is 0 Å². The molecule has 4 nitrogen and oxygen atoms in total. The molecule has 0 aliphatic rings. The van der Waals surface area contributed by atoms with E-state index in [9.17, 15) is 4.79 Å². The van der Waals surface area contributed by atoms with Gasteiger partial charge < -0.3 is 5.32 Å². The third kappa shape index (κ3) is 3.30. The van der Waals surface area contributed by atoms with Crippen molar-refractivity contribution in [1.29, 1.82) is 0 Å². The summed E-state index contributed by atoms with van der Waals surface area (Å²) in [6.07, 6.45) is 0.357. The monoisotopic (exact) mass is 257 g/mol. The fraction of sp³-hybridized carbons (Fsp3) is 0.667. The Balaban J connectivity index is 2.84. The zero-order valence-corrected chi connectivity index (χ0v) is 11.6. The molecule has 1 atom stereocenters. The molecule has 0 bridgehead atoms. The molecule has 1 unspecified atom stereocenters. The van der Waals surface area contributed by atoms with Crippen LogP contribution in [0.25, 0.3) is 0 Å². The molecule has 0 amide bonds. The second-order valence-electron chi connectivity index (χ2n) is 4.26. The van der Waals surface area contributed by atoms with Crippen molar-refractivity contribution in [3.63, 3.8) is 0 Å². The van der Waals surface area contributed by atoms with Crippen LogP contribution in [0.5, 0.6) is 0 Å². The van der Waals surface area contributed by atoms with E-state index in [1.165, 1.54) is 0 Å². The predicted octanol–water partition coefficient (Wildman–Crippen LogP) is 1.83. The third-order valence-electron chi connectivity index (χ3n) is 2.85. The van der Waals surface area contributed by atoms with E-state index in [1.807, 2.05) is 32.5 Å². The number of halogens is 1. The molecular formula is C12H20ClN3O. The third-order valence-corrected chi connectivity index (χ3v) is 3.35. The first-order valence-corrected chi connectivity index (χ1v) is 6.28. The van der Waals surface area contributed by atoms with Gasteiger partial charge in [-0.15, -0.1) is 0 Å². The minimum Gasteiger partial charge on any atom is -0.319 e. The molecular weight excluding hydrogens is 238 g/mol. The minimum atomic E-state index is -0.00317. The molecule has 96 valence electrons. The van der Waals surface area contributed by atoms with E-state index >= 15 is 0 Å². The summed E-state index contributed by atoms with van der Waals surface area (Å²) in [7, 11) is 1.84. The van der Waals surface area contributed by atoms with Crippen molar-refractivity contribution in [2.45, 2.75) is 33.7 Å². The van der Waals surface area contributed by atoms with Gasteiger partial charge in [0, 0.05) is 19.0 Å². The first-order chi connectivity index (χ1) is 8.01. The molecule has 1 heterocycles. The normalized spacial score (nSPS) is 12.8. The van der Waals surface area contributed by atoms with Crippen LogP contribution in [0.1, 0.15) is 25.2 Å². The summed E-state index contributed by atoms with van der Waals surface area (Å²) in [6, 6.07) is 0. The fourth-order valence-electron chi connectivity index (χ4n) is 1.80. The highest BCUT2D eigenvalue weighted by atomic mass is 35.5. The number of nitrogens with one attached hydrogen (secondary N) is 1. The summed E-state index contributed by atoms with van der Waals surface area (Å²) in [5, 5.41) is 7.93. The quantitative estimate of drug-likeness (QED) is 0.846. The predicted molar refractivity (Wildman–Crippen MR) is 69.4 cm³/mol. The minimum absolute atomic E-state index is 0.00317. The Morgan fingerprint density at radius 2 is 2.24 bits per heavy atom. The number of ketones is 1. The molecule has 0 saturated carbocycles. The molecule has 0 aromatic carbocycles. The van der Waals surface area contributed by atoms with Crippen molar-refractivity contribution < 1.29 is 4.79 Å². The SMILES string of the molecule is CCn1nc(C)c(Cl)c1CC(=O)C(C)CNC. The molecule has 0 radical (unpaired) electrons. The van der Waals surface area contributed by atoms with Crippen molar-refractivity contribution in [3.8, 4) is 0 Å². The van der Waals surface area contributed by atoms with Gasteiger partial charge in [0.2, 0.25) is 0 Å². The Labute approximate surface area is 107 Å². The summed E-state index contributed by atoms with van der Waals surface area (Å²) in [6.45, 7) is 7.20. The van der Waals surface area contributed by atoms with Crippen LogP contribution in [0, 0.1) is 12.8 Å². The van der Waals surface area contributed by atoms with Crippen LogP contribution in [0.15, 0.2) is 0 Å². The maximum atomic E-state index is 12.0. The maximum absolute atomic E-state index is 12.0. The van der Waals surface area contributed by atoms with E-state index < -0.39 is 0 Å². The lowest BCUT2D eigenvalue weighted by molar-refractivity contribution is -0.121. The van der Waals surface area contributed by atoms with Crippen molar-refractivity contribution in [3.05, 3.63) is 16.4 Å². The first kappa shape index (κ1) is 14.2. The number of aryl methyl sites for hydroxylation is 2. The molecule has 1 N–H and O–H groups in total. The van der Waals surface area contributed by atoms with Gasteiger partial charge in [-0.2, -0.15) is 5.10 Å². The first-order valence-electron chi connectivity index (χ1n) is 5.90. The Morgan fingerprint density at radius 1 is 1.59 bits per heavy atom. The van der Waals surface area contributed by atoms with Gasteiger partial charge in [-0.3, -0.25) is 9.48 Å². The number of rotatable bonds is 6. The summed E-state index contributed by atoms with van der Waals surface area (Å²) < 4.78 is 1.81. The Morgan fingerprint density at radius 3 is 2.76 bits per heavy atom. The Kier molecular flexibility index (Phi) is 5.15. The molecule has 1 aromatic rings. The van der Waals surface area contributed by atoms with Gasteiger partial charge in [0.05, 0.1) is 22.8 Å². The van der Waals surface area contributed by atoms with Gasteiger partial charge in [0.1, 0.15) is 5.78 Å². The lowest BCUT2D eigenvalue weighted by Crippen LogP contribution is -2.25. The van der Waals surface area contributed by atoms with Gasteiger partial charge in [-0.25, -0.2) is 0 Å². The number of aromatic nitrogens is 2. The van der Waals surface area contributed by atoms with Crippen molar-refractivity contribution in [2.24, 2.45) is 5.92 Å². The molecule has 0 aliphatic heterocycles. The number of hydrogen-bond donors (Lipinski definition) is 1. The smallest absolute Gasteiger partial charge is 0.142 e. The van der Waals surface area contributed by atoms with E-state index in [4.69, 9.17) is 11.6 Å². The van der Waals surface area contributed by atoms with Gasteiger partial charge in [-0.05, 0) is 20.9 Å². The van der Waals surface area contributed by atoms with Gasteiger partial charge in [0.15, 0.2) is 0 Å². The zero-order chi connectivity index (χ0) is 13.0.